The number of hydrogen-bond donors (Lipinski definition) is 1. The minimum absolute atomic E-state index is 0.0459. The van der Waals surface area contributed by atoms with Crippen molar-refractivity contribution in [3.63, 3.8) is 0 Å². The molecule has 2 aromatic rings. The second-order valence-electron chi connectivity index (χ2n) is 5.89. The largest absolute Gasteiger partial charge is 0.306 e. The van der Waals surface area contributed by atoms with Gasteiger partial charge < -0.3 is 5.32 Å². The lowest BCUT2D eigenvalue weighted by Crippen LogP contribution is -2.25. The van der Waals surface area contributed by atoms with Crippen molar-refractivity contribution in [2.75, 3.05) is 6.54 Å². The van der Waals surface area contributed by atoms with E-state index in [1.807, 2.05) is 12.1 Å². The van der Waals surface area contributed by atoms with Crippen LogP contribution in [0.2, 0.25) is 10.0 Å². The minimum Gasteiger partial charge on any atom is -0.306 e. The van der Waals surface area contributed by atoms with Crippen LogP contribution in [-0.2, 0) is 5.41 Å². The summed E-state index contributed by atoms with van der Waals surface area (Å²) in [5.74, 6) is 0. The Kier molecular flexibility index (Phi) is 5.25. The SMILES string of the molecule is CCNC(c1cc(Cl)ccc1Cl)c1snnc1C(C)(C)C. The third kappa shape index (κ3) is 3.75. The first kappa shape index (κ1) is 16.7. The maximum atomic E-state index is 6.38. The molecule has 1 N–H and O–H groups in total. The molecule has 114 valence electrons. The lowest BCUT2D eigenvalue weighted by Gasteiger charge is -2.23. The van der Waals surface area contributed by atoms with Gasteiger partial charge >= 0.3 is 0 Å². The van der Waals surface area contributed by atoms with E-state index in [0.29, 0.717) is 10.0 Å². The Balaban J connectivity index is 2.54. The zero-order valence-corrected chi connectivity index (χ0v) is 14.9. The van der Waals surface area contributed by atoms with E-state index >= 15 is 0 Å². The highest BCUT2D eigenvalue weighted by Gasteiger charge is 2.28. The second-order valence-corrected chi connectivity index (χ2v) is 7.52. The van der Waals surface area contributed by atoms with E-state index in [0.717, 1.165) is 22.7 Å². The van der Waals surface area contributed by atoms with Crippen LogP contribution in [0.4, 0.5) is 0 Å². The van der Waals surface area contributed by atoms with Gasteiger partial charge in [0.2, 0.25) is 0 Å². The van der Waals surface area contributed by atoms with Crippen LogP contribution in [0.1, 0.15) is 49.9 Å². The van der Waals surface area contributed by atoms with Gasteiger partial charge in [0, 0.05) is 15.5 Å². The van der Waals surface area contributed by atoms with Crippen LogP contribution in [0.5, 0.6) is 0 Å². The molecule has 0 amide bonds. The molecule has 6 heteroatoms. The van der Waals surface area contributed by atoms with Crippen molar-refractivity contribution in [1.82, 2.24) is 14.9 Å². The van der Waals surface area contributed by atoms with Crippen molar-refractivity contribution in [3.05, 3.63) is 44.4 Å². The standard InChI is InChI=1S/C15H19Cl2N3S/c1-5-18-12(10-8-9(16)6-7-11(10)17)13-14(15(2,3)4)19-20-21-13/h6-8,12,18H,5H2,1-4H3. The van der Waals surface area contributed by atoms with Gasteiger partial charge in [-0.05, 0) is 41.8 Å². The van der Waals surface area contributed by atoms with Gasteiger partial charge in [0.25, 0.3) is 0 Å². The van der Waals surface area contributed by atoms with Crippen LogP contribution in [0.3, 0.4) is 0 Å². The molecular formula is C15H19Cl2N3S. The predicted octanol–water partition coefficient (Wildman–Crippen LogP) is 4.84. The number of aromatic nitrogens is 2. The van der Waals surface area contributed by atoms with Gasteiger partial charge in [-0.2, -0.15) is 0 Å². The zero-order valence-electron chi connectivity index (χ0n) is 12.6. The number of hydrogen-bond acceptors (Lipinski definition) is 4. The number of rotatable bonds is 4. The monoisotopic (exact) mass is 343 g/mol. The van der Waals surface area contributed by atoms with Crippen LogP contribution in [0, 0.1) is 0 Å². The normalized spacial score (nSPS) is 13.4. The number of benzene rings is 1. The van der Waals surface area contributed by atoms with Crippen LogP contribution >= 0.6 is 34.7 Å². The maximum Gasteiger partial charge on any atom is 0.0860 e. The summed E-state index contributed by atoms with van der Waals surface area (Å²) in [7, 11) is 0. The van der Waals surface area contributed by atoms with Gasteiger partial charge in [-0.3, -0.25) is 0 Å². The topological polar surface area (TPSA) is 37.8 Å². The lowest BCUT2D eigenvalue weighted by molar-refractivity contribution is 0.543. The summed E-state index contributed by atoms with van der Waals surface area (Å²) < 4.78 is 4.14. The summed E-state index contributed by atoms with van der Waals surface area (Å²) >= 11 is 13.9. The first-order valence-electron chi connectivity index (χ1n) is 6.85. The van der Waals surface area contributed by atoms with Crippen molar-refractivity contribution in [3.8, 4) is 0 Å². The molecule has 1 unspecified atom stereocenters. The molecule has 0 saturated heterocycles. The first-order valence-corrected chi connectivity index (χ1v) is 8.38. The lowest BCUT2D eigenvalue weighted by atomic mass is 9.89. The van der Waals surface area contributed by atoms with Gasteiger partial charge in [-0.15, -0.1) is 5.10 Å². The smallest absolute Gasteiger partial charge is 0.0860 e. The van der Waals surface area contributed by atoms with Crippen molar-refractivity contribution in [2.24, 2.45) is 0 Å². The molecule has 0 aliphatic rings. The molecule has 2 rings (SSSR count). The van der Waals surface area contributed by atoms with E-state index in [4.69, 9.17) is 23.2 Å². The van der Waals surface area contributed by atoms with E-state index in [1.54, 1.807) is 6.07 Å². The van der Waals surface area contributed by atoms with E-state index < -0.39 is 0 Å². The highest BCUT2D eigenvalue weighted by molar-refractivity contribution is 7.05. The van der Waals surface area contributed by atoms with E-state index in [2.05, 4.69) is 42.6 Å². The molecule has 1 heterocycles. The molecule has 21 heavy (non-hydrogen) atoms. The van der Waals surface area contributed by atoms with Crippen LogP contribution in [-0.4, -0.2) is 16.1 Å². The van der Waals surface area contributed by atoms with Crippen LogP contribution in [0.15, 0.2) is 18.2 Å². The third-order valence-corrected chi connectivity index (χ3v) is 4.53. The van der Waals surface area contributed by atoms with Gasteiger partial charge in [0.15, 0.2) is 0 Å². The van der Waals surface area contributed by atoms with Gasteiger partial charge in [-0.25, -0.2) is 0 Å². The summed E-state index contributed by atoms with van der Waals surface area (Å²) in [6.45, 7) is 9.28. The van der Waals surface area contributed by atoms with Crippen LogP contribution < -0.4 is 5.32 Å². The molecule has 1 atom stereocenters. The Hall–Kier alpha value is -0.680. The molecule has 3 nitrogen and oxygen atoms in total. The van der Waals surface area contributed by atoms with Gasteiger partial charge in [-0.1, -0.05) is 55.4 Å². The second kappa shape index (κ2) is 6.61. The van der Waals surface area contributed by atoms with E-state index in [9.17, 15) is 0 Å². The molecular weight excluding hydrogens is 325 g/mol. The van der Waals surface area contributed by atoms with Crippen LogP contribution in [0.25, 0.3) is 0 Å². The molecule has 0 fully saturated rings. The van der Waals surface area contributed by atoms with Crippen molar-refractivity contribution >= 4 is 34.7 Å². The third-order valence-electron chi connectivity index (χ3n) is 3.16. The van der Waals surface area contributed by atoms with E-state index in [-0.39, 0.29) is 11.5 Å². The fourth-order valence-corrected chi connectivity index (χ4v) is 3.56. The summed E-state index contributed by atoms with van der Waals surface area (Å²) in [6, 6.07) is 5.49. The van der Waals surface area contributed by atoms with Gasteiger partial charge in [0.05, 0.1) is 16.6 Å². The van der Waals surface area contributed by atoms with Crippen molar-refractivity contribution in [2.45, 2.75) is 39.2 Å². The first-order chi connectivity index (χ1) is 9.84. The molecule has 0 spiro atoms. The number of halogens is 2. The summed E-state index contributed by atoms with van der Waals surface area (Å²) in [5.41, 5.74) is 1.89. The Bertz CT molecular complexity index is 620. The predicted molar refractivity (Wildman–Crippen MR) is 90.6 cm³/mol. The Morgan fingerprint density at radius 2 is 2.00 bits per heavy atom. The Morgan fingerprint density at radius 3 is 2.62 bits per heavy atom. The van der Waals surface area contributed by atoms with Crippen molar-refractivity contribution in [1.29, 1.82) is 0 Å². The molecule has 0 aliphatic heterocycles. The molecule has 0 bridgehead atoms. The molecule has 0 aliphatic carbocycles. The van der Waals surface area contributed by atoms with Crippen molar-refractivity contribution < 1.29 is 0 Å². The average molecular weight is 344 g/mol. The fraction of sp³-hybridized carbons (Fsp3) is 0.467. The fourth-order valence-electron chi connectivity index (χ4n) is 2.19. The number of nitrogens with zero attached hydrogens (tertiary/aromatic N) is 2. The molecule has 0 saturated carbocycles. The average Bonchev–Trinajstić information content (AvgIpc) is 2.88. The molecule has 1 aromatic heterocycles. The van der Waals surface area contributed by atoms with Gasteiger partial charge in [0.1, 0.15) is 0 Å². The summed E-state index contributed by atoms with van der Waals surface area (Å²) in [4.78, 5) is 1.09. The summed E-state index contributed by atoms with van der Waals surface area (Å²) in [5, 5.41) is 9.16. The number of nitrogens with one attached hydrogen (secondary N) is 1. The maximum absolute atomic E-state index is 6.38. The zero-order chi connectivity index (χ0) is 15.6. The highest BCUT2D eigenvalue weighted by atomic mass is 35.5. The van der Waals surface area contributed by atoms with E-state index in [1.165, 1.54) is 11.5 Å². The molecule has 0 radical (unpaired) electrons. The minimum atomic E-state index is -0.0684. The Labute approximate surface area is 139 Å². The highest BCUT2D eigenvalue weighted by Crippen LogP contribution is 2.37. The summed E-state index contributed by atoms with van der Waals surface area (Å²) in [6.07, 6.45) is 0. The quantitative estimate of drug-likeness (QED) is 0.862. The Morgan fingerprint density at radius 1 is 1.29 bits per heavy atom. The molecule has 1 aromatic carbocycles.